The maximum absolute atomic E-state index is 4.17. The van der Waals surface area contributed by atoms with Crippen LogP contribution in [-0.2, 0) is 13.6 Å². The predicted molar refractivity (Wildman–Crippen MR) is 51.5 cm³/mol. The van der Waals surface area contributed by atoms with Crippen molar-refractivity contribution in [3.05, 3.63) is 5.82 Å². The van der Waals surface area contributed by atoms with Gasteiger partial charge in [0.2, 0.25) is 0 Å². The second-order valence-electron chi connectivity index (χ2n) is 3.72. The normalized spacial score (nSPS) is 24.0. The fraction of sp³-hybridized carbons (Fsp3) is 0.875. The number of hydrogen-bond acceptors (Lipinski definition) is 5. The Morgan fingerprint density at radius 3 is 3.07 bits per heavy atom. The Morgan fingerprint density at radius 1 is 1.57 bits per heavy atom. The summed E-state index contributed by atoms with van der Waals surface area (Å²) in [6.45, 7) is 6.16. The van der Waals surface area contributed by atoms with Crippen LogP contribution in [0.3, 0.4) is 0 Å². The molecule has 14 heavy (non-hydrogen) atoms. The van der Waals surface area contributed by atoms with Crippen LogP contribution >= 0.6 is 0 Å². The summed E-state index contributed by atoms with van der Waals surface area (Å²) >= 11 is 0. The molecule has 6 nitrogen and oxygen atoms in total. The van der Waals surface area contributed by atoms with Crippen LogP contribution in [0.4, 0.5) is 0 Å². The number of hydrogen-bond donors (Lipinski definition) is 1. The van der Waals surface area contributed by atoms with Crippen LogP contribution in [0, 0.1) is 0 Å². The van der Waals surface area contributed by atoms with Crippen LogP contribution < -0.4 is 5.32 Å². The molecule has 1 atom stereocenters. The zero-order chi connectivity index (χ0) is 9.97. The van der Waals surface area contributed by atoms with Gasteiger partial charge < -0.3 is 5.32 Å². The van der Waals surface area contributed by atoms with E-state index in [2.05, 4.69) is 32.6 Å². The topological polar surface area (TPSA) is 58.9 Å². The molecule has 6 heteroatoms. The Labute approximate surface area is 83.3 Å². The van der Waals surface area contributed by atoms with Gasteiger partial charge in [0.25, 0.3) is 0 Å². The van der Waals surface area contributed by atoms with Gasteiger partial charge in [-0.15, -0.1) is 10.2 Å². The summed E-state index contributed by atoms with van der Waals surface area (Å²) in [4.78, 5) is 3.87. The molecule has 0 amide bonds. The number of aryl methyl sites for hydroxylation is 1. The molecule has 78 valence electrons. The molecule has 0 unspecified atom stereocenters. The zero-order valence-corrected chi connectivity index (χ0v) is 8.64. The number of nitrogens with one attached hydrogen (secondary N) is 1. The van der Waals surface area contributed by atoms with Crippen LogP contribution in [0.5, 0.6) is 0 Å². The smallest absolute Gasteiger partial charge is 0.188 e. The van der Waals surface area contributed by atoms with Crippen molar-refractivity contribution in [3.63, 3.8) is 0 Å². The molecule has 1 aliphatic rings. The van der Waals surface area contributed by atoms with E-state index in [-0.39, 0.29) is 0 Å². The lowest BCUT2D eigenvalue weighted by molar-refractivity contribution is 0.161. The second-order valence-corrected chi connectivity index (χ2v) is 3.72. The van der Waals surface area contributed by atoms with Crippen LogP contribution in [0.1, 0.15) is 12.7 Å². The van der Waals surface area contributed by atoms with E-state index >= 15 is 0 Å². The van der Waals surface area contributed by atoms with Crippen LogP contribution in [0.2, 0.25) is 0 Å². The molecular weight excluding hydrogens is 180 g/mol. The van der Waals surface area contributed by atoms with Crippen LogP contribution in [-0.4, -0.2) is 50.8 Å². The third kappa shape index (κ3) is 2.08. The lowest BCUT2D eigenvalue weighted by atomic mass is 10.2. The molecule has 0 saturated carbocycles. The Morgan fingerprint density at radius 2 is 2.43 bits per heavy atom. The minimum Gasteiger partial charge on any atom is -0.314 e. The van der Waals surface area contributed by atoms with Crippen molar-refractivity contribution in [1.29, 1.82) is 0 Å². The highest BCUT2D eigenvalue weighted by atomic mass is 15.6. The summed E-state index contributed by atoms with van der Waals surface area (Å²) in [5.41, 5.74) is 0. The maximum atomic E-state index is 4.17. The molecule has 1 fully saturated rings. The van der Waals surface area contributed by atoms with Gasteiger partial charge in [-0.25, -0.2) is 0 Å². The van der Waals surface area contributed by atoms with Gasteiger partial charge in [-0.05, 0) is 12.1 Å². The molecule has 1 aliphatic heterocycles. The van der Waals surface area contributed by atoms with Crippen molar-refractivity contribution in [1.82, 2.24) is 30.4 Å². The number of tetrazole rings is 1. The molecule has 2 heterocycles. The second kappa shape index (κ2) is 4.02. The lowest BCUT2D eigenvalue weighted by Crippen LogP contribution is -2.49. The molecule has 2 rings (SSSR count). The van der Waals surface area contributed by atoms with Crippen molar-refractivity contribution >= 4 is 0 Å². The van der Waals surface area contributed by atoms with Crippen molar-refractivity contribution in [3.8, 4) is 0 Å². The SMILES string of the molecule is C[C@H]1CNCCN1Cc1nnn(C)n1. The summed E-state index contributed by atoms with van der Waals surface area (Å²) in [5, 5.41) is 15.3. The van der Waals surface area contributed by atoms with Gasteiger partial charge >= 0.3 is 0 Å². The molecular formula is C8H16N6. The van der Waals surface area contributed by atoms with E-state index in [1.165, 1.54) is 4.80 Å². The average Bonchev–Trinajstić information content (AvgIpc) is 2.56. The monoisotopic (exact) mass is 196 g/mol. The zero-order valence-electron chi connectivity index (χ0n) is 8.64. The molecule has 1 aromatic rings. The van der Waals surface area contributed by atoms with E-state index in [1.54, 1.807) is 7.05 Å². The van der Waals surface area contributed by atoms with Gasteiger partial charge in [0.05, 0.1) is 13.6 Å². The van der Waals surface area contributed by atoms with E-state index < -0.39 is 0 Å². The Kier molecular flexibility index (Phi) is 2.74. The Hall–Kier alpha value is -1.01. The minimum absolute atomic E-state index is 0.549. The summed E-state index contributed by atoms with van der Waals surface area (Å²) in [5.74, 6) is 0.807. The molecule has 0 aliphatic carbocycles. The Balaban J connectivity index is 1.95. The first-order valence-electron chi connectivity index (χ1n) is 4.93. The van der Waals surface area contributed by atoms with E-state index in [0.29, 0.717) is 6.04 Å². The minimum atomic E-state index is 0.549. The number of piperazine rings is 1. The van der Waals surface area contributed by atoms with Gasteiger partial charge in [0.15, 0.2) is 5.82 Å². The molecule has 1 N–H and O–H groups in total. The molecule has 0 aromatic carbocycles. The van der Waals surface area contributed by atoms with E-state index in [1.807, 2.05) is 0 Å². The summed E-state index contributed by atoms with van der Waals surface area (Å²) in [6.07, 6.45) is 0. The maximum Gasteiger partial charge on any atom is 0.188 e. The lowest BCUT2D eigenvalue weighted by Gasteiger charge is -2.32. The number of rotatable bonds is 2. The first-order chi connectivity index (χ1) is 6.75. The molecule has 0 spiro atoms. The Bertz CT molecular complexity index is 296. The fourth-order valence-electron chi connectivity index (χ4n) is 1.69. The highest BCUT2D eigenvalue weighted by molar-refractivity contribution is 4.83. The van der Waals surface area contributed by atoms with Gasteiger partial charge in [0.1, 0.15) is 0 Å². The highest BCUT2D eigenvalue weighted by Gasteiger charge is 2.19. The third-order valence-electron chi connectivity index (χ3n) is 2.53. The van der Waals surface area contributed by atoms with E-state index in [4.69, 9.17) is 0 Å². The first kappa shape index (κ1) is 9.54. The van der Waals surface area contributed by atoms with Crippen LogP contribution in [0.25, 0.3) is 0 Å². The van der Waals surface area contributed by atoms with Crippen molar-refractivity contribution in [2.24, 2.45) is 7.05 Å². The molecule has 0 bridgehead atoms. The van der Waals surface area contributed by atoms with Crippen molar-refractivity contribution in [2.45, 2.75) is 19.5 Å². The molecule has 1 saturated heterocycles. The number of aromatic nitrogens is 4. The number of nitrogens with zero attached hydrogens (tertiary/aromatic N) is 5. The first-order valence-corrected chi connectivity index (χ1v) is 4.93. The fourth-order valence-corrected chi connectivity index (χ4v) is 1.69. The summed E-state index contributed by atoms with van der Waals surface area (Å²) in [7, 11) is 1.79. The molecule has 0 radical (unpaired) electrons. The third-order valence-corrected chi connectivity index (χ3v) is 2.53. The van der Waals surface area contributed by atoms with Crippen LogP contribution in [0.15, 0.2) is 0 Å². The van der Waals surface area contributed by atoms with Gasteiger partial charge in [-0.2, -0.15) is 4.80 Å². The average molecular weight is 196 g/mol. The van der Waals surface area contributed by atoms with E-state index in [9.17, 15) is 0 Å². The van der Waals surface area contributed by atoms with Gasteiger partial charge in [-0.1, -0.05) is 0 Å². The summed E-state index contributed by atoms with van der Waals surface area (Å²) in [6, 6.07) is 0.549. The van der Waals surface area contributed by atoms with Crippen molar-refractivity contribution in [2.75, 3.05) is 19.6 Å². The van der Waals surface area contributed by atoms with Gasteiger partial charge in [0, 0.05) is 25.7 Å². The van der Waals surface area contributed by atoms with Gasteiger partial charge in [-0.3, -0.25) is 4.90 Å². The standard InChI is InChI=1S/C8H16N6/c1-7-5-9-3-4-14(7)6-8-10-12-13(2)11-8/h7,9H,3-6H2,1-2H3/t7-/m0/s1. The van der Waals surface area contributed by atoms with Crippen molar-refractivity contribution < 1.29 is 0 Å². The highest BCUT2D eigenvalue weighted by Crippen LogP contribution is 2.05. The molecule has 1 aromatic heterocycles. The quantitative estimate of drug-likeness (QED) is 0.657. The summed E-state index contributed by atoms with van der Waals surface area (Å²) < 4.78 is 0. The van der Waals surface area contributed by atoms with E-state index in [0.717, 1.165) is 32.0 Å². The largest absolute Gasteiger partial charge is 0.314 e. The predicted octanol–water partition coefficient (Wildman–Crippen LogP) is -0.996.